The molecule has 0 aliphatic carbocycles. The molecule has 0 fully saturated rings. The number of hydrogen-bond donors (Lipinski definition) is 3. The van der Waals surface area contributed by atoms with E-state index >= 15 is 0 Å². The first kappa shape index (κ1) is 15.8. The summed E-state index contributed by atoms with van der Waals surface area (Å²) in [4.78, 5) is 1.00. The molecule has 0 bridgehead atoms. The third kappa shape index (κ3) is 4.39. The predicted molar refractivity (Wildman–Crippen MR) is 68.4 cm³/mol. The van der Waals surface area contributed by atoms with Crippen LogP contribution < -0.4 is 11.1 Å². The van der Waals surface area contributed by atoms with Crippen LogP contribution in [0.1, 0.15) is 17.4 Å². The minimum Gasteiger partial charge on any atom is -0.409 e. The third-order valence-corrected chi connectivity index (χ3v) is 3.68. The van der Waals surface area contributed by atoms with Gasteiger partial charge in [-0.05, 0) is 23.4 Å². The summed E-state index contributed by atoms with van der Waals surface area (Å²) in [7, 11) is 0. The quantitative estimate of drug-likeness (QED) is 0.326. The van der Waals surface area contributed by atoms with Gasteiger partial charge in [-0.15, -0.1) is 11.3 Å². The minimum atomic E-state index is -4.54. The Morgan fingerprint density at radius 1 is 1.58 bits per heavy atom. The maximum atomic E-state index is 12.7. The van der Waals surface area contributed by atoms with Gasteiger partial charge in [0, 0.05) is 18.0 Å². The van der Waals surface area contributed by atoms with Gasteiger partial charge in [-0.25, -0.2) is 0 Å². The molecule has 1 aromatic rings. The Bertz CT molecular complexity index is 431. The van der Waals surface area contributed by atoms with Crippen LogP contribution in [0.3, 0.4) is 0 Å². The second kappa shape index (κ2) is 6.76. The van der Waals surface area contributed by atoms with Gasteiger partial charge in [0.15, 0.2) is 5.84 Å². The van der Waals surface area contributed by atoms with Gasteiger partial charge in [0.25, 0.3) is 0 Å². The molecule has 1 atom stereocenters. The second-order valence-electron chi connectivity index (χ2n) is 3.97. The van der Waals surface area contributed by atoms with E-state index in [4.69, 9.17) is 10.9 Å². The zero-order chi connectivity index (χ0) is 14.5. The fourth-order valence-electron chi connectivity index (χ4n) is 1.62. The molecule has 0 saturated heterocycles. The summed E-state index contributed by atoms with van der Waals surface area (Å²) in [5.74, 6) is -2.82. The van der Waals surface area contributed by atoms with Crippen LogP contribution in [0, 0.1) is 5.92 Å². The van der Waals surface area contributed by atoms with Crippen molar-refractivity contribution in [1.82, 2.24) is 5.32 Å². The molecule has 0 radical (unpaired) electrons. The first-order valence-electron chi connectivity index (χ1n) is 5.70. The molecule has 0 spiro atoms. The van der Waals surface area contributed by atoms with Crippen molar-refractivity contribution in [2.24, 2.45) is 16.8 Å². The normalized spacial score (nSPS) is 14.6. The number of rotatable bonds is 6. The van der Waals surface area contributed by atoms with Crippen molar-refractivity contribution >= 4 is 17.2 Å². The first-order chi connectivity index (χ1) is 8.90. The molecule has 4 nitrogen and oxygen atoms in total. The smallest absolute Gasteiger partial charge is 0.400 e. The summed E-state index contributed by atoms with van der Waals surface area (Å²) in [6.07, 6.45) is -3.70. The standard InChI is InChI=1S/C11H16F3N3OS/c1-2-7-3-4-19-9(7)6-16-5-8(10(15)17-18)11(12,13)14/h3-4,8,16,18H,2,5-6H2,1H3,(H2,15,17). The van der Waals surface area contributed by atoms with Crippen molar-refractivity contribution in [2.45, 2.75) is 26.1 Å². The zero-order valence-corrected chi connectivity index (χ0v) is 11.2. The van der Waals surface area contributed by atoms with E-state index in [9.17, 15) is 13.2 Å². The van der Waals surface area contributed by atoms with E-state index in [2.05, 4.69) is 10.5 Å². The first-order valence-corrected chi connectivity index (χ1v) is 6.58. The molecule has 0 aromatic carbocycles. The number of oxime groups is 1. The molecule has 1 heterocycles. The van der Waals surface area contributed by atoms with Crippen LogP contribution in [-0.4, -0.2) is 23.8 Å². The van der Waals surface area contributed by atoms with Gasteiger partial charge in [0.2, 0.25) is 0 Å². The van der Waals surface area contributed by atoms with Crippen molar-refractivity contribution in [3.05, 3.63) is 21.9 Å². The van der Waals surface area contributed by atoms with E-state index in [0.29, 0.717) is 6.54 Å². The van der Waals surface area contributed by atoms with Crippen LogP contribution in [0.15, 0.2) is 16.6 Å². The predicted octanol–water partition coefficient (Wildman–Crippen LogP) is 2.33. The molecular weight excluding hydrogens is 279 g/mol. The van der Waals surface area contributed by atoms with Crippen LogP contribution in [0.5, 0.6) is 0 Å². The molecule has 108 valence electrons. The molecule has 19 heavy (non-hydrogen) atoms. The van der Waals surface area contributed by atoms with Gasteiger partial charge in [0.05, 0.1) is 0 Å². The largest absolute Gasteiger partial charge is 0.409 e. The number of thiophene rings is 1. The van der Waals surface area contributed by atoms with Gasteiger partial charge in [-0.3, -0.25) is 0 Å². The highest BCUT2D eigenvalue weighted by Gasteiger charge is 2.42. The van der Waals surface area contributed by atoms with Crippen LogP contribution in [-0.2, 0) is 13.0 Å². The molecule has 1 unspecified atom stereocenters. The minimum absolute atomic E-state index is 0.339. The number of amidine groups is 1. The van der Waals surface area contributed by atoms with Crippen molar-refractivity contribution in [3.8, 4) is 0 Å². The van der Waals surface area contributed by atoms with E-state index in [1.54, 1.807) is 0 Å². The molecule has 0 aliphatic rings. The fraction of sp³-hybridized carbons (Fsp3) is 0.545. The van der Waals surface area contributed by atoms with Crippen molar-refractivity contribution < 1.29 is 18.4 Å². The molecule has 1 rings (SSSR count). The van der Waals surface area contributed by atoms with Crippen molar-refractivity contribution in [3.63, 3.8) is 0 Å². The highest BCUT2D eigenvalue weighted by Crippen LogP contribution is 2.26. The van der Waals surface area contributed by atoms with E-state index < -0.39 is 24.5 Å². The number of hydrogen-bond acceptors (Lipinski definition) is 4. The van der Waals surface area contributed by atoms with Gasteiger partial charge in [0.1, 0.15) is 5.92 Å². The van der Waals surface area contributed by atoms with Gasteiger partial charge < -0.3 is 16.3 Å². The summed E-state index contributed by atoms with van der Waals surface area (Å²) in [5, 5.41) is 15.4. The monoisotopic (exact) mass is 295 g/mol. The molecule has 0 amide bonds. The summed E-state index contributed by atoms with van der Waals surface area (Å²) < 4.78 is 38.0. The Labute approximate surface area is 113 Å². The highest BCUT2D eigenvalue weighted by molar-refractivity contribution is 7.10. The third-order valence-electron chi connectivity index (χ3n) is 2.72. The van der Waals surface area contributed by atoms with E-state index in [1.807, 2.05) is 18.4 Å². The Morgan fingerprint density at radius 2 is 2.26 bits per heavy atom. The lowest BCUT2D eigenvalue weighted by Gasteiger charge is -2.19. The lowest BCUT2D eigenvalue weighted by molar-refractivity contribution is -0.154. The molecule has 8 heteroatoms. The number of nitrogens with one attached hydrogen (secondary N) is 1. The molecule has 1 aromatic heterocycles. The number of nitrogens with zero attached hydrogens (tertiary/aromatic N) is 1. The van der Waals surface area contributed by atoms with Crippen molar-refractivity contribution in [2.75, 3.05) is 6.54 Å². The maximum Gasteiger partial charge on any atom is 0.400 e. The summed E-state index contributed by atoms with van der Waals surface area (Å²) in [6, 6.07) is 1.95. The Hall–Kier alpha value is -1.28. The average Bonchev–Trinajstić information content (AvgIpc) is 2.79. The molecular formula is C11H16F3N3OS. The number of alkyl halides is 3. The van der Waals surface area contributed by atoms with Gasteiger partial charge in [-0.2, -0.15) is 13.2 Å². The molecule has 0 aliphatic heterocycles. The number of aryl methyl sites for hydroxylation is 1. The SMILES string of the molecule is CCc1ccsc1CNCC(/C(N)=N/O)C(F)(F)F. The lowest BCUT2D eigenvalue weighted by atomic mass is 10.1. The zero-order valence-electron chi connectivity index (χ0n) is 10.4. The number of nitrogens with two attached hydrogens (primary N) is 1. The average molecular weight is 295 g/mol. The molecule has 4 N–H and O–H groups in total. The van der Waals surface area contributed by atoms with Gasteiger partial charge >= 0.3 is 6.18 Å². The van der Waals surface area contributed by atoms with Crippen LogP contribution in [0.4, 0.5) is 13.2 Å². The lowest BCUT2D eigenvalue weighted by Crippen LogP contribution is -2.42. The van der Waals surface area contributed by atoms with Crippen LogP contribution in [0.2, 0.25) is 0 Å². The van der Waals surface area contributed by atoms with Crippen LogP contribution >= 0.6 is 11.3 Å². The van der Waals surface area contributed by atoms with E-state index in [-0.39, 0.29) is 0 Å². The number of halogens is 3. The summed E-state index contributed by atoms with van der Waals surface area (Å²) in [5.41, 5.74) is 6.18. The second-order valence-corrected chi connectivity index (χ2v) is 4.97. The fourth-order valence-corrected chi connectivity index (χ4v) is 2.57. The topological polar surface area (TPSA) is 70.6 Å². The van der Waals surface area contributed by atoms with E-state index in [0.717, 1.165) is 16.9 Å². The molecule has 0 saturated carbocycles. The Balaban J connectivity index is 2.59. The summed E-state index contributed by atoms with van der Waals surface area (Å²) >= 11 is 1.49. The Kier molecular flexibility index (Phi) is 5.61. The van der Waals surface area contributed by atoms with Crippen LogP contribution in [0.25, 0.3) is 0 Å². The Morgan fingerprint density at radius 3 is 2.79 bits per heavy atom. The van der Waals surface area contributed by atoms with Crippen molar-refractivity contribution in [1.29, 1.82) is 0 Å². The van der Waals surface area contributed by atoms with E-state index in [1.165, 1.54) is 11.3 Å². The summed E-state index contributed by atoms with van der Waals surface area (Å²) in [6.45, 7) is 1.91. The highest BCUT2D eigenvalue weighted by atomic mass is 32.1. The maximum absolute atomic E-state index is 12.7. The van der Waals surface area contributed by atoms with Gasteiger partial charge in [-0.1, -0.05) is 12.1 Å².